The minimum absolute atomic E-state index is 0.0448. The van der Waals surface area contributed by atoms with E-state index in [2.05, 4.69) is 15.4 Å². The maximum Gasteiger partial charge on any atom is 0.273 e. The fourth-order valence-electron chi connectivity index (χ4n) is 2.23. The molecule has 0 radical (unpaired) electrons. The highest BCUT2D eigenvalue weighted by Crippen LogP contribution is 2.25. The quantitative estimate of drug-likeness (QED) is 0.711. The summed E-state index contributed by atoms with van der Waals surface area (Å²) < 4.78 is 25.3. The van der Waals surface area contributed by atoms with Crippen molar-refractivity contribution in [1.82, 2.24) is 20.1 Å². The van der Waals surface area contributed by atoms with Crippen LogP contribution in [0.3, 0.4) is 0 Å². The van der Waals surface area contributed by atoms with Crippen molar-refractivity contribution in [1.29, 1.82) is 0 Å². The number of hydrogen-bond acceptors (Lipinski definition) is 5. The average molecular weight is 379 g/mol. The predicted octanol–water partition coefficient (Wildman–Crippen LogP) is 3.27. The molecular weight excluding hydrogens is 363 g/mol. The summed E-state index contributed by atoms with van der Waals surface area (Å²) in [6.07, 6.45) is 4.75. The maximum absolute atomic E-state index is 13.0. The largest absolute Gasteiger partial charge is 0.482 e. The molecule has 0 bridgehead atoms. The van der Waals surface area contributed by atoms with Crippen LogP contribution in [0.15, 0.2) is 41.3 Å². The van der Waals surface area contributed by atoms with Crippen molar-refractivity contribution in [3.63, 3.8) is 0 Å². The van der Waals surface area contributed by atoms with E-state index < -0.39 is 5.82 Å². The van der Waals surface area contributed by atoms with E-state index in [1.165, 1.54) is 18.4 Å². The van der Waals surface area contributed by atoms with Crippen LogP contribution < -0.4 is 10.1 Å². The molecule has 0 unspecified atom stereocenters. The number of oxazole rings is 1. The Kier molecular flexibility index (Phi) is 5.22. The summed E-state index contributed by atoms with van der Waals surface area (Å²) in [7, 11) is 1.80. The van der Waals surface area contributed by atoms with Gasteiger partial charge < -0.3 is 14.5 Å². The summed E-state index contributed by atoms with van der Waals surface area (Å²) in [5.41, 5.74) is 1.00. The van der Waals surface area contributed by atoms with E-state index in [9.17, 15) is 9.18 Å². The van der Waals surface area contributed by atoms with Gasteiger partial charge in [-0.05, 0) is 25.1 Å². The Morgan fingerprint density at radius 2 is 2.31 bits per heavy atom. The van der Waals surface area contributed by atoms with Gasteiger partial charge in [0.25, 0.3) is 5.91 Å². The maximum atomic E-state index is 13.0. The number of carbonyl (C=O) groups excluding carboxylic acids is 1. The second-order valence-corrected chi connectivity index (χ2v) is 6.04. The molecule has 3 rings (SSSR count). The molecule has 0 aliphatic rings. The molecule has 0 spiro atoms. The molecular formula is C17H16ClFN4O3. The number of ether oxygens (including phenoxy) is 1. The van der Waals surface area contributed by atoms with Crippen LogP contribution in [0.4, 0.5) is 4.39 Å². The van der Waals surface area contributed by atoms with E-state index in [0.29, 0.717) is 5.75 Å². The third-order valence-electron chi connectivity index (χ3n) is 3.60. The van der Waals surface area contributed by atoms with Gasteiger partial charge in [-0.2, -0.15) is 5.10 Å². The third kappa shape index (κ3) is 4.20. The first-order chi connectivity index (χ1) is 12.4. The summed E-state index contributed by atoms with van der Waals surface area (Å²) in [4.78, 5) is 16.3. The fraction of sp³-hybridized carbons (Fsp3) is 0.235. The molecule has 136 valence electrons. The molecule has 2 aromatic heterocycles. The number of nitrogens with one attached hydrogen (secondary N) is 1. The van der Waals surface area contributed by atoms with E-state index in [1.807, 2.05) is 13.1 Å². The van der Waals surface area contributed by atoms with Gasteiger partial charge in [0.1, 0.15) is 17.8 Å². The van der Waals surface area contributed by atoms with Gasteiger partial charge in [-0.1, -0.05) is 11.6 Å². The fourth-order valence-corrected chi connectivity index (χ4v) is 2.45. The zero-order valence-corrected chi connectivity index (χ0v) is 14.8. The summed E-state index contributed by atoms with van der Waals surface area (Å²) in [5.74, 6) is -0.344. The second kappa shape index (κ2) is 7.57. The highest BCUT2D eigenvalue weighted by Gasteiger charge is 2.17. The van der Waals surface area contributed by atoms with Gasteiger partial charge >= 0.3 is 0 Å². The third-order valence-corrected chi connectivity index (χ3v) is 3.90. The number of aryl methyl sites for hydroxylation is 1. The van der Waals surface area contributed by atoms with E-state index in [4.69, 9.17) is 20.8 Å². The monoisotopic (exact) mass is 378 g/mol. The van der Waals surface area contributed by atoms with Crippen molar-refractivity contribution in [3.05, 3.63) is 64.8 Å². The number of benzene rings is 1. The SMILES string of the molecule is C[C@@H](NC(=O)c1coc(COc2ccc(F)cc2Cl)n1)c1cnn(C)c1. The Morgan fingerprint density at radius 1 is 1.50 bits per heavy atom. The molecule has 1 atom stereocenters. The predicted molar refractivity (Wildman–Crippen MR) is 91.3 cm³/mol. The van der Waals surface area contributed by atoms with Crippen LogP contribution >= 0.6 is 11.6 Å². The first kappa shape index (κ1) is 17.9. The highest BCUT2D eigenvalue weighted by molar-refractivity contribution is 6.32. The van der Waals surface area contributed by atoms with Crippen molar-refractivity contribution < 1.29 is 18.3 Å². The minimum Gasteiger partial charge on any atom is -0.482 e. The summed E-state index contributed by atoms with van der Waals surface area (Å²) >= 11 is 5.88. The van der Waals surface area contributed by atoms with Gasteiger partial charge in [-0.15, -0.1) is 0 Å². The Hall–Kier alpha value is -2.87. The molecule has 9 heteroatoms. The zero-order valence-electron chi connectivity index (χ0n) is 14.1. The van der Waals surface area contributed by atoms with Gasteiger partial charge in [0.15, 0.2) is 12.3 Å². The molecule has 0 fully saturated rings. The number of aromatic nitrogens is 3. The molecule has 1 N–H and O–H groups in total. The molecule has 0 aliphatic carbocycles. The lowest BCUT2D eigenvalue weighted by Crippen LogP contribution is -2.26. The van der Waals surface area contributed by atoms with E-state index in [1.54, 1.807) is 17.9 Å². The molecule has 3 aromatic rings. The number of rotatable bonds is 6. The summed E-state index contributed by atoms with van der Waals surface area (Å²) in [5, 5.41) is 7.02. The van der Waals surface area contributed by atoms with Crippen LogP contribution in [0.5, 0.6) is 5.75 Å². The summed E-state index contributed by atoms with van der Waals surface area (Å²) in [6.45, 7) is 1.80. The Bertz CT molecular complexity index is 924. The molecule has 7 nitrogen and oxygen atoms in total. The lowest BCUT2D eigenvalue weighted by molar-refractivity contribution is 0.0934. The Morgan fingerprint density at radius 3 is 3.00 bits per heavy atom. The Labute approximate surface area is 153 Å². The number of halogens is 2. The Balaban J connectivity index is 1.59. The lowest BCUT2D eigenvalue weighted by atomic mass is 10.2. The number of hydrogen-bond donors (Lipinski definition) is 1. The first-order valence-corrected chi connectivity index (χ1v) is 8.12. The van der Waals surface area contributed by atoms with Crippen molar-refractivity contribution in [3.8, 4) is 5.75 Å². The lowest BCUT2D eigenvalue weighted by Gasteiger charge is -2.10. The first-order valence-electron chi connectivity index (χ1n) is 7.74. The zero-order chi connectivity index (χ0) is 18.7. The van der Waals surface area contributed by atoms with Crippen LogP contribution in [-0.2, 0) is 13.7 Å². The van der Waals surface area contributed by atoms with E-state index in [-0.39, 0.29) is 35.2 Å². The molecule has 0 saturated carbocycles. The highest BCUT2D eigenvalue weighted by atomic mass is 35.5. The normalized spacial score (nSPS) is 12.0. The van der Waals surface area contributed by atoms with Crippen LogP contribution in [-0.4, -0.2) is 20.7 Å². The van der Waals surface area contributed by atoms with Gasteiger partial charge in [0, 0.05) is 18.8 Å². The number of nitrogens with zero attached hydrogens (tertiary/aromatic N) is 3. The minimum atomic E-state index is -0.458. The van der Waals surface area contributed by atoms with Crippen LogP contribution in [0.2, 0.25) is 5.02 Å². The van der Waals surface area contributed by atoms with E-state index >= 15 is 0 Å². The molecule has 0 aliphatic heterocycles. The molecule has 0 saturated heterocycles. The van der Waals surface area contributed by atoms with Gasteiger partial charge in [-0.3, -0.25) is 9.48 Å². The van der Waals surface area contributed by atoms with Crippen molar-refractivity contribution in [2.75, 3.05) is 0 Å². The molecule has 26 heavy (non-hydrogen) atoms. The molecule has 1 amide bonds. The average Bonchev–Trinajstić information content (AvgIpc) is 3.23. The van der Waals surface area contributed by atoms with Crippen molar-refractivity contribution >= 4 is 17.5 Å². The topological polar surface area (TPSA) is 82.2 Å². The molecule has 1 aromatic carbocycles. The van der Waals surface area contributed by atoms with Gasteiger partial charge in [-0.25, -0.2) is 9.37 Å². The van der Waals surface area contributed by atoms with Crippen molar-refractivity contribution in [2.45, 2.75) is 19.6 Å². The standard InChI is InChI=1S/C17H16ClFN4O3/c1-10(11-6-20-23(2)7-11)21-17(24)14-8-26-16(22-14)9-25-15-4-3-12(19)5-13(15)18/h3-8,10H,9H2,1-2H3,(H,21,24)/t10-/m1/s1. The van der Waals surface area contributed by atoms with Crippen molar-refractivity contribution in [2.24, 2.45) is 7.05 Å². The van der Waals surface area contributed by atoms with Crippen LogP contribution in [0.1, 0.15) is 34.9 Å². The van der Waals surface area contributed by atoms with E-state index in [0.717, 1.165) is 11.6 Å². The van der Waals surface area contributed by atoms with Crippen LogP contribution in [0, 0.1) is 5.82 Å². The summed E-state index contributed by atoms with van der Waals surface area (Å²) in [6, 6.07) is 3.55. The number of carbonyl (C=O) groups is 1. The number of amides is 1. The smallest absolute Gasteiger partial charge is 0.273 e. The van der Waals surface area contributed by atoms with Gasteiger partial charge in [0.2, 0.25) is 5.89 Å². The second-order valence-electron chi connectivity index (χ2n) is 5.63. The molecule has 2 heterocycles. The van der Waals surface area contributed by atoms with Gasteiger partial charge in [0.05, 0.1) is 17.3 Å². The van der Waals surface area contributed by atoms with Crippen LogP contribution in [0.25, 0.3) is 0 Å².